The molecule has 2 atom stereocenters. The molecule has 0 amide bonds. The highest BCUT2D eigenvalue weighted by Crippen LogP contribution is 2.41. The fraction of sp³-hybridized carbons (Fsp3) is 0.600. The molecule has 1 N–H and O–H groups in total. The summed E-state index contributed by atoms with van der Waals surface area (Å²) in [6, 6.07) is 4.80. The van der Waals surface area contributed by atoms with Crippen LogP contribution in [0.5, 0.6) is 5.75 Å². The molecular formula is C15H23NO. The second-order valence-corrected chi connectivity index (χ2v) is 4.92. The van der Waals surface area contributed by atoms with Gasteiger partial charge in [-0.2, -0.15) is 0 Å². The lowest BCUT2D eigenvalue weighted by Crippen LogP contribution is -2.30. The normalized spacial score (nSPS) is 22.4. The van der Waals surface area contributed by atoms with E-state index >= 15 is 0 Å². The Morgan fingerprint density at radius 3 is 2.65 bits per heavy atom. The molecule has 1 aliphatic rings. The van der Waals surface area contributed by atoms with Gasteiger partial charge in [-0.1, -0.05) is 26.0 Å². The average Bonchev–Trinajstić information content (AvgIpc) is 2.70. The summed E-state index contributed by atoms with van der Waals surface area (Å²) >= 11 is 0. The molecule has 0 aromatic heterocycles. The molecule has 1 heterocycles. The van der Waals surface area contributed by atoms with E-state index in [1.807, 2.05) is 0 Å². The summed E-state index contributed by atoms with van der Waals surface area (Å²) in [4.78, 5) is 0. The zero-order chi connectivity index (χ0) is 12.4. The Balaban J connectivity index is 2.32. The van der Waals surface area contributed by atoms with E-state index in [2.05, 4.69) is 45.1 Å². The van der Waals surface area contributed by atoms with Crippen LogP contribution in [0.25, 0.3) is 0 Å². The summed E-state index contributed by atoms with van der Waals surface area (Å²) < 4.78 is 6.11. The van der Waals surface area contributed by atoms with E-state index in [4.69, 9.17) is 4.74 Å². The van der Waals surface area contributed by atoms with E-state index in [-0.39, 0.29) is 6.10 Å². The topological polar surface area (TPSA) is 21.3 Å². The minimum atomic E-state index is 0.289. The van der Waals surface area contributed by atoms with Crippen LogP contribution in [0.4, 0.5) is 0 Å². The molecule has 2 unspecified atom stereocenters. The van der Waals surface area contributed by atoms with Crippen LogP contribution in [0.2, 0.25) is 0 Å². The largest absolute Gasteiger partial charge is 0.488 e. The van der Waals surface area contributed by atoms with Gasteiger partial charge in [0.1, 0.15) is 11.9 Å². The second kappa shape index (κ2) is 5.09. The fourth-order valence-corrected chi connectivity index (χ4v) is 2.49. The third-order valence-electron chi connectivity index (χ3n) is 3.70. The first kappa shape index (κ1) is 12.4. The Labute approximate surface area is 104 Å². The van der Waals surface area contributed by atoms with Crippen LogP contribution in [0.1, 0.15) is 49.4 Å². The summed E-state index contributed by atoms with van der Waals surface area (Å²) in [5, 5.41) is 3.61. The zero-order valence-corrected chi connectivity index (χ0v) is 11.3. The van der Waals surface area contributed by atoms with Gasteiger partial charge in [0.05, 0.1) is 6.04 Å². The number of fused-ring (bicyclic) bond motifs is 1. The van der Waals surface area contributed by atoms with Crippen molar-refractivity contribution in [1.82, 2.24) is 5.32 Å². The molecule has 0 saturated carbocycles. The molecule has 0 bridgehead atoms. The van der Waals surface area contributed by atoms with Crippen LogP contribution >= 0.6 is 0 Å². The highest BCUT2D eigenvalue weighted by Gasteiger charge is 2.33. The molecule has 0 fully saturated rings. The average molecular weight is 233 g/mol. The standard InChI is InChI=1S/C15H23NO/c1-5-9-16-14-12-8-7-10(3)11(4)15(12)17-13(14)6-2/h7-8,13-14,16H,5-6,9H2,1-4H3. The molecule has 1 aromatic rings. The molecule has 2 nitrogen and oxygen atoms in total. The highest BCUT2D eigenvalue weighted by atomic mass is 16.5. The predicted octanol–water partition coefficient (Wildman–Crippen LogP) is 3.52. The third-order valence-corrected chi connectivity index (χ3v) is 3.70. The molecule has 0 aliphatic carbocycles. The maximum absolute atomic E-state index is 6.11. The lowest BCUT2D eigenvalue weighted by molar-refractivity contribution is 0.184. The van der Waals surface area contributed by atoms with Crippen LogP contribution in [-0.4, -0.2) is 12.6 Å². The van der Waals surface area contributed by atoms with Gasteiger partial charge in [-0.15, -0.1) is 0 Å². The molecular weight excluding hydrogens is 210 g/mol. The van der Waals surface area contributed by atoms with Crippen LogP contribution in [-0.2, 0) is 0 Å². The fourth-order valence-electron chi connectivity index (χ4n) is 2.49. The Morgan fingerprint density at radius 2 is 2.00 bits per heavy atom. The molecule has 0 radical (unpaired) electrons. The molecule has 2 heteroatoms. The zero-order valence-electron chi connectivity index (χ0n) is 11.3. The van der Waals surface area contributed by atoms with Gasteiger partial charge in [-0.3, -0.25) is 0 Å². The van der Waals surface area contributed by atoms with Gasteiger partial charge in [-0.25, -0.2) is 0 Å². The maximum Gasteiger partial charge on any atom is 0.127 e. The van der Waals surface area contributed by atoms with Crippen LogP contribution in [0.3, 0.4) is 0 Å². The van der Waals surface area contributed by atoms with Crippen molar-refractivity contribution in [3.05, 3.63) is 28.8 Å². The van der Waals surface area contributed by atoms with Crippen molar-refractivity contribution in [2.24, 2.45) is 0 Å². The third kappa shape index (κ3) is 2.19. The van der Waals surface area contributed by atoms with Gasteiger partial charge in [0.2, 0.25) is 0 Å². The van der Waals surface area contributed by atoms with Crippen molar-refractivity contribution in [2.45, 2.75) is 52.7 Å². The van der Waals surface area contributed by atoms with Gasteiger partial charge in [0.15, 0.2) is 0 Å². The SMILES string of the molecule is CCCNC1c2ccc(C)c(C)c2OC1CC. The number of hydrogen-bond acceptors (Lipinski definition) is 2. The number of aryl methyl sites for hydroxylation is 1. The minimum absolute atomic E-state index is 0.289. The van der Waals surface area contributed by atoms with E-state index in [9.17, 15) is 0 Å². The van der Waals surface area contributed by atoms with E-state index in [0.717, 1.165) is 25.1 Å². The first-order chi connectivity index (χ1) is 8.19. The van der Waals surface area contributed by atoms with Crippen molar-refractivity contribution in [1.29, 1.82) is 0 Å². The van der Waals surface area contributed by atoms with Crippen molar-refractivity contribution < 1.29 is 4.74 Å². The molecule has 1 aromatic carbocycles. The first-order valence-corrected chi connectivity index (χ1v) is 6.69. The van der Waals surface area contributed by atoms with Crippen LogP contribution in [0, 0.1) is 13.8 Å². The first-order valence-electron chi connectivity index (χ1n) is 6.69. The predicted molar refractivity (Wildman–Crippen MR) is 71.7 cm³/mol. The monoisotopic (exact) mass is 233 g/mol. The Morgan fingerprint density at radius 1 is 1.24 bits per heavy atom. The molecule has 17 heavy (non-hydrogen) atoms. The van der Waals surface area contributed by atoms with Gasteiger partial charge in [0.25, 0.3) is 0 Å². The Hall–Kier alpha value is -1.02. The van der Waals surface area contributed by atoms with Crippen LogP contribution < -0.4 is 10.1 Å². The molecule has 0 saturated heterocycles. The summed E-state index contributed by atoms with van der Waals surface area (Å²) in [6.07, 6.45) is 2.50. The number of hydrogen-bond donors (Lipinski definition) is 1. The lowest BCUT2D eigenvalue weighted by atomic mass is 9.98. The van der Waals surface area contributed by atoms with Gasteiger partial charge in [0, 0.05) is 5.56 Å². The van der Waals surface area contributed by atoms with E-state index in [0.29, 0.717) is 6.04 Å². The lowest BCUT2D eigenvalue weighted by Gasteiger charge is -2.18. The quantitative estimate of drug-likeness (QED) is 0.859. The van der Waals surface area contributed by atoms with Crippen molar-refractivity contribution >= 4 is 0 Å². The summed E-state index contributed by atoms with van der Waals surface area (Å²) in [5.41, 5.74) is 3.95. The van der Waals surface area contributed by atoms with Crippen molar-refractivity contribution in [3.8, 4) is 5.75 Å². The number of nitrogens with one attached hydrogen (secondary N) is 1. The number of benzene rings is 1. The van der Waals surface area contributed by atoms with Gasteiger partial charge >= 0.3 is 0 Å². The Bertz CT molecular complexity index is 400. The maximum atomic E-state index is 6.11. The molecule has 0 spiro atoms. The molecule has 2 rings (SSSR count). The second-order valence-electron chi connectivity index (χ2n) is 4.92. The number of rotatable bonds is 4. The van der Waals surface area contributed by atoms with Crippen LogP contribution in [0.15, 0.2) is 12.1 Å². The highest BCUT2D eigenvalue weighted by molar-refractivity contribution is 5.49. The number of ether oxygens (including phenoxy) is 1. The van der Waals surface area contributed by atoms with Gasteiger partial charge < -0.3 is 10.1 Å². The summed E-state index contributed by atoms with van der Waals surface area (Å²) in [7, 11) is 0. The molecule has 94 valence electrons. The summed E-state index contributed by atoms with van der Waals surface area (Å²) in [6.45, 7) is 9.75. The van der Waals surface area contributed by atoms with Crippen molar-refractivity contribution in [2.75, 3.05) is 6.54 Å². The van der Waals surface area contributed by atoms with E-state index < -0.39 is 0 Å². The van der Waals surface area contributed by atoms with Crippen molar-refractivity contribution in [3.63, 3.8) is 0 Å². The van der Waals surface area contributed by atoms with E-state index in [1.165, 1.54) is 16.7 Å². The minimum Gasteiger partial charge on any atom is -0.488 e. The van der Waals surface area contributed by atoms with Gasteiger partial charge in [-0.05, 0) is 44.4 Å². The smallest absolute Gasteiger partial charge is 0.127 e. The summed E-state index contributed by atoms with van der Waals surface area (Å²) in [5.74, 6) is 1.12. The van der Waals surface area contributed by atoms with E-state index in [1.54, 1.807) is 0 Å². The Kier molecular flexibility index (Phi) is 3.72. The molecule has 1 aliphatic heterocycles.